The number of hydrogen-bond donors (Lipinski definition) is 2. The number of carbonyl (C=O) groups is 1. The average molecular weight is 337 g/mol. The number of benzene rings is 2. The quantitative estimate of drug-likeness (QED) is 0.719. The summed E-state index contributed by atoms with van der Waals surface area (Å²) in [7, 11) is 0. The van der Waals surface area contributed by atoms with Gasteiger partial charge in [-0.15, -0.1) is 11.3 Å². The van der Waals surface area contributed by atoms with Crippen molar-refractivity contribution in [2.75, 3.05) is 0 Å². The van der Waals surface area contributed by atoms with Gasteiger partial charge in [0.1, 0.15) is 5.75 Å². The summed E-state index contributed by atoms with van der Waals surface area (Å²) in [5.41, 5.74) is 10.7. The molecule has 0 fully saturated rings. The number of phenols is 1. The van der Waals surface area contributed by atoms with Gasteiger partial charge in [0.15, 0.2) is 0 Å². The molecular formula is C20H19NO2S. The Bertz CT molecular complexity index is 883. The number of primary amides is 1. The summed E-state index contributed by atoms with van der Waals surface area (Å²) in [6, 6.07) is 15.5. The van der Waals surface area contributed by atoms with Crippen LogP contribution in [0.25, 0.3) is 21.6 Å². The van der Waals surface area contributed by atoms with Crippen LogP contribution in [0.4, 0.5) is 0 Å². The summed E-state index contributed by atoms with van der Waals surface area (Å²) in [5, 5.41) is 11.8. The van der Waals surface area contributed by atoms with E-state index in [9.17, 15) is 9.90 Å². The monoisotopic (exact) mass is 337 g/mol. The standard InChI is InChI=1S/C20H19NO2S/c1-13-9-10-24-20(13)16-5-7-18(14-3-2-4-17(22)12-14)15(11-16)6-8-19(21)23/h2-5,7,9-12,22H,6,8H2,1H3,(H2,21,23). The summed E-state index contributed by atoms with van der Waals surface area (Å²) < 4.78 is 0. The van der Waals surface area contributed by atoms with Crippen LogP contribution in [0, 0.1) is 6.92 Å². The number of aryl methyl sites for hydroxylation is 2. The number of rotatable bonds is 5. The maximum absolute atomic E-state index is 11.2. The van der Waals surface area contributed by atoms with Gasteiger partial charge in [0.05, 0.1) is 0 Å². The van der Waals surface area contributed by atoms with Crippen molar-refractivity contribution < 1.29 is 9.90 Å². The molecule has 1 aromatic heterocycles. The van der Waals surface area contributed by atoms with E-state index in [0.29, 0.717) is 12.8 Å². The second-order valence-corrected chi connectivity index (χ2v) is 6.74. The number of nitrogens with two attached hydrogens (primary N) is 1. The SMILES string of the molecule is Cc1ccsc1-c1ccc(-c2cccc(O)c2)c(CCC(N)=O)c1. The minimum Gasteiger partial charge on any atom is -0.508 e. The Hall–Kier alpha value is -2.59. The number of amides is 1. The van der Waals surface area contributed by atoms with Crippen LogP contribution in [0.2, 0.25) is 0 Å². The Balaban J connectivity index is 2.07. The predicted molar refractivity (Wildman–Crippen MR) is 99.1 cm³/mol. The fourth-order valence-electron chi connectivity index (χ4n) is 2.82. The van der Waals surface area contributed by atoms with E-state index in [0.717, 1.165) is 22.3 Å². The highest BCUT2D eigenvalue weighted by molar-refractivity contribution is 7.13. The second kappa shape index (κ2) is 6.89. The van der Waals surface area contributed by atoms with Gasteiger partial charge in [-0.25, -0.2) is 0 Å². The summed E-state index contributed by atoms with van der Waals surface area (Å²) in [4.78, 5) is 12.5. The molecular weight excluding hydrogens is 318 g/mol. The van der Waals surface area contributed by atoms with Crippen molar-refractivity contribution >= 4 is 17.2 Å². The smallest absolute Gasteiger partial charge is 0.217 e. The molecule has 3 aromatic rings. The molecule has 0 unspecified atom stereocenters. The Labute approximate surface area is 145 Å². The van der Waals surface area contributed by atoms with E-state index >= 15 is 0 Å². The lowest BCUT2D eigenvalue weighted by atomic mass is 9.93. The van der Waals surface area contributed by atoms with Crippen molar-refractivity contribution in [3.05, 3.63) is 65.0 Å². The van der Waals surface area contributed by atoms with Gasteiger partial charge < -0.3 is 10.8 Å². The van der Waals surface area contributed by atoms with E-state index in [2.05, 4.69) is 36.6 Å². The average Bonchev–Trinajstić information content (AvgIpc) is 2.98. The van der Waals surface area contributed by atoms with Crippen LogP contribution in [-0.2, 0) is 11.2 Å². The van der Waals surface area contributed by atoms with Gasteiger partial charge in [0.25, 0.3) is 0 Å². The summed E-state index contributed by atoms with van der Waals surface area (Å²) >= 11 is 1.71. The maximum Gasteiger partial charge on any atom is 0.217 e. The van der Waals surface area contributed by atoms with Gasteiger partial charge in [0, 0.05) is 11.3 Å². The number of aromatic hydroxyl groups is 1. The van der Waals surface area contributed by atoms with Gasteiger partial charge in [-0.05, 0) is 70.8 Å². The van der Waals surface area contributed by atoms with Crippen molar-refractivity contribution in [3.8, 4) is 27.3 Å². The number of phenolic OH excluding ortho intramolecular Hbond substituents is 1. The summed E-state index contributed by atoms with van der Waals surface area (Å²) in [6.07, 6.45) is 0.886. The van der Waals surface area contributed by atoms with Crippen LogP contribution < -0.4 is 5.73 Å². The molecule has 2 aromatic carbocycles. The van der Waals surface area contributed by atoms with Gasteiger partial charge in [0.2, 0.25) is 5.91 Å². The molecule has 0 radical (unpaired) electrons. The van der Waals surface area contributed by atoms with Crippen LogP contribution in [0.3, 0.4) is 0 Å². The third kappa shape index (κ3) is 3.49. The van der Waals surface area contributed by atoms with E-state index in [1.807, 2.05) is 12.1 Å². The lowest BCUT2D eigenvalue weighted by Crippen LogP contribution is -2.11. The molecule has 3 rings (SSSR count). The van der Waals surface area contributed by atoms with E-state index in [4.69, 9.17) is 5.73 Å². The molecule has 122 valence electrons. The molecule has 4 heteroatoms. The number of thiophene rings is 1. The minimum absolute atomic E-state index is 0.228. The molecule has 0 aliphatic rings. The first-order valence-corrected chi connectivity index (χ1v) is 8.67. The zero-order chi connectivity index (χ0) is 17.1. The lowest BCUT2D eigenvalue weighted by molar-refractivity contribution is -0.117. The van der Waals surface area contributed by atoms with Crippen molar-refractivity contribution in [1.29, 1.82) is 0 Å². The molecule has 1 heterocycles. The van der Waals surface area contributed by atoms with Crippen molar-refractivity contribution in [2.45, 2.75) is 19.8 Å². The number of hydrogen-bond acceptors (Lipinski definition) is 3. The Morgan fingerprint density at radius 1 is 1.12 bits per heavy atom. The largest absolute Gasteiger partial charge is 0.508 e. The normalized spacial score (nSPS) is 10.7. The topological polar surface area (TPSA) is 63.3 Å². The van der Waals surface area contributed by atoms with E-state index in [-0.39, 0.29) is 11.7 Å². The van der Waals surface area contributed by atoms with Crippen LogP contribution in [0.15, 0.2) is 53.9 Å². The van der Waals surface area contributed by atoms with E-state index < -0.39 is 0 Å². The highest BCUT2D eigenvalue weighted by atomic mass is 32.1. The van der Waals surface area contributed by atoms with Gasteiger partial charge >= 0.3 is 0 Å². The molecule has 24 heavy (non-hydrogen) atoms. The highest BCUT2D eigenvalue weighted by Gasteiger charge is 2.11. The molecule has 0 spiro atoms. The molecule has 1 amide bonds. The third-order valence-corrected chi connectivity index (χ3v) is 5.09. The predicted octanol–water partition coefficient (Wildman–Crippen LogP) is 4.51. The molecule has 0 aliphatic heterocycles. The van der Waals surface area contributed by atoms with Crippen LogP contribution in [0.1, 0.15) is 17.5 Å². The first kappa shape index (κ1) is 16.3. The summed E-state index contributed by atoms with van der Waals surface area (Å²) in [5.74, 6) is -0.0823. The molecule has 0 atom stereocenters. The number of carbonyl (C=O) groups excluding carboxylic acids is 1. The molecule has 3 N–H and O–H groups in total. The van der Waals surface area contributed by atoms with Crippen molar-refractivity contribution in [3.63, 3.8) is 0 Å². The lowest BCUT2D eigenvalue weighted by Gasteiger charge is -2.12. The molecule has 3 nitrogen and oxygen atoms in total. The molecule has 0 bridgehead atoms. The fraction of sp³-hybridized carbons (Fsp3) is 0.150. The molecule has 0 saturated heterocycles. The van der Waals surface area contributed by atoms with Crippen molar-refractivity contribution in [2.24, 2.45) is 5.73 Å². The molecule has 0 aliphatic carbocycles. The van der Waals surface area contributed by atoms with Crippen LogP contribution >= 0.6 is 11.3 Å². The van der Waals surface area contributed by atoms with Crippen LogP contribution in [-0.4, -0.2) is 11.0 Å². The minimum atomic E-state index is -0.311. The second-order valence-electron chi connectivity index (χ2n) is 5.82. The van der Waals surface area contributed by atoms with Crippen molar-refractivity contribution in [1.82, 2.24) is 0 Å². The Kier molecular flexibility index (Phi) is 4.67. The van der Waals surface area contributed by atoms with E-state index in [1.54, 1.807) is 23.5 Å². The fourth-order valence-corrected chi connectivity index (χ4v) is 3.75. The van der Waals surface area contributed by atoms with Crippen LogP contribution in [0.5, 0.6) is 5.75 Å². The van der Waals surface area contributed by atoms with Gasteiger partial charge in [-0.1, -0.05) is 24.3 Å². The first-order valence-electron chi connectivity index (χ1n) is 7.79. The maximum atomic E-state index is 11.2. The zero-order valence-corrected chi connectivity index (χ0v) is 14.3. The zero-order valence-electron chi connectivity index (χ0n) is 13.5. The third-order valence-electron chi connectivity index (χ3n) is 4.03. The molecule has 0 saturated carbocycles. The summed E-state index contributed by atoms with van der Waals surface area (Å²) in [6.45, 7) is 2.10. The van der Waals surface area contributed by atoms with Gasteiger partial charge in [-0.3, -0.25) is 4.79 Å². The Morgan fingerprint density at radius 2 is 1.96 bits per heavy atom. The highest BCUT2D eigenvalue weighted by Crippen LogP contribution is 2.34. The Morgan fingerprint density at radius 3 is 2.62 bits per heavy atom. The first-order chi connectivity index (χ1) is 11.5. The van der Waals surface area contributed by atoms with Gasteiger partial charge in [-0.2, -0.15) is 0 Å². The van der Waals surface area contributed by atoms with E-state index in [1.165, 1.54) is 10.4 Å².